The summed E-state index contributed by atoms with van der Waals surface area (Å²) in [6.07, 6.45) is 4.91. The number of rotatable bonds is 6. The lowest BCUT2D eigenvalue weighted by Crippen LogP contribution is -2.46. The second-order valence-electron chi connectivity index (χ2n) is 8.77. The van der Waals surface area contributed by atoms with E-state index in [2.05, 4.69) is 20.8 Å². The Morgan fingerprint density at radius 1 is 1.29 bits per heavy atom. The number of hydrogen-bond acceptors (Lipinski definition) is 2. The predicted molar refractivity (Wildman–Crippen MR) is 93.7 cm³/mol. The SMILES string of the molecule is CC1=C(C(=O)O)C[C@@H]2[C@@](C)(CC[C@H](C)CC(=O)O)[C@H](C)CC[C@@]12C. The third-order valence-electron chi connectivity index (χ3n) is 7.46. The first-order valence-corrected chi connectivity index (χ1v) is 9.17. The molecular weight excluding hydrogens is 304 g/mol. The average Bonchev–Trinajstić information content (AvgIpc) is 2.75. The van der Waals surface area contributed by atoms with Crippen molar-refractivity contribution in [1.82, 2.24) is 0 Å². The van der Waals surface area contributed by atoms with Crippen LogP contribution in [0.5, 0.6) is 0 Å². The summed E-state index contributed by atoms with van der Waals surface area (Å²) in [7, 11) is 0. The van der Waals surface area contributed by atoms with Crippen molar-refractivity contribution in [2.24, 2.45) is 28.6 Å². The van der Waals surface area contributed by atoms with Crippen LogP contribution in [0, 0.1) is 28.6 Å². The summed E-state index contributed by atoms with van der Waals surface area (Å²) in [6.45, 7) is 10.9. The summed E-state index contributed by atoms with van der Waals surface area (Å²) in [5.74, 6) is -0.461. The summed E-state index contributed by atoms with van der Waals surface area (Å²) in [4.78, 5) is 22.6. The zero-order valence-electron chi connectivity index (χ0n) is 15.7. The van der Waals surface area contributed by atoms with Gasteiger partial charge in [-0.25, -0.2) is 4.79 Å². The second kappa shape index (κ2) is 6.53. The summed E-state index contributed by atoms with van der Waals surface area (Å²) >= 11 is 0. The van der Waals surface area contributed by atoms with Crippen LogP contribution in [0.25, 0.3) is 0 Å². The Morgan fingerprint density at radius 2 is 1.92 bits per heavy atom. The van der Waals surface area contributed by atoms with Crippen LogP contribution in [0.2, 0.25) is 0 Å². The third-order valence-corrected chi connectivity index (χ3v) is 7.46. The lowest BCUT2D eigenvalue weighted by molar-refractivity contribution is -0.138. The molecule has 4 heteroatoms. The molecule has 0 heterocycles. The summed E-state index contributed by atoms with van der Waals surface area (Å²) < 4.78 is 0. The Labute approximate surface area is 145 Å². The van der Waals surface area contributed by atoms with Crippen LogP contribution in [0.4, 0.5) is 0 Å². The van der Waals surface area contributed by atoms with E-state index in [1.54, 1.807) is 0 Å². The highest BCUT2D eigenvalue weighted by Crippen LogP contribution is 2.64. The smallest absolute Gasteiger partial charge is 0.331 e. The van der Waals surface area contributed by atoms with Crippen LogP contribution < -0.4 is 0 Å². The van der Waals surface area contributed by atoms with Crippen molar-refractivity contribution in [2.75, 3.05) is 0 Å². The molecule has 0 aromatic carbocycles. The van der Waals surface area contributed by atoms with Crippen LogP contribution in [-0.4, -0.2) is 22.2 Å². The minimum atomic E-state index is -0.766. The number of allylic oxidation sites excluding steroid dienone is 1. The number of aliphatic carboxylic acids is 2. The van der Waals surface area contributed by atoms with Gasteiger partial charge in [-0.3, -0.25) is 4.79 Å². The molecule has 0 amide bonds. The van der Waals surface area contributed by atoms with E-state index in [9.17, 15) is 14.7 Å². The second-order valence-corrected chi connectivity index (χ2v) is 8.77. The van der Waals surface area contributed by atoms with E-state index < -0.39 is 11.9 Å². The molecule has 2 aliphatic rings. The minimum absolute atomic E-state index is 0.0228. The maximum Gasteiger partial charge on any atom is 0.331 e. The van der Waals surface area contributed by atoms with Crippen molar-refractivity contribution in [1.29, 1.82) is 0 Å². The molecule has 5 atom stereocenters. The van der Waals surface area contributed by atoms with Gasteiger partial charge in [-0.1, -0.05) is 33.3 Å². The van der Waals surface area contributed by atoms with Crippen LogP contribution in [-0.2, 0) is 9.59 Å². The molecule has 0 saturated heterocycles. The molecule has 0 radical (unpaired) electrons. The van der Waals surface area contributed by atoms with Gasteiger partial charge in [0.2, 0.25) is 0 Å². The molecule has 2 rings (SSSR count). The maximum atomic E-state index is 11.7. The Balaban J connectivity index is 2.23. The monoisotopic (exact) mass is 336 g/mol. The first kappa shape index (κ1) is 19.0. The van der Waals surface area contributed by atoms with Crippen molar-refractivity contribution >= 4 is 11.9 Å². The van der Waals surface area contributed by atoms with Crippen molar-refractivity contribution in [2.45, 2.75) is 73.1 Å². The van der Waals surface area contributed by atoms with E-state index in [1.807, 2.05) is 13.8 Å². The molecule has 1 saturated carbocycles. The standard InChI is InChI=1S/C20H32O4/c1-12(10-17(21)22)6-8-19(4)13(2)7-9-20(5)14(3)15(18(23)24)11-16(19)20/h12-13,16H,6-11H2,1-5H3,(H,21,22)(H,23,24)/t12-,13+,16+,19-,20-/m0/s1. The maximum absolute atomic E-state index is 11.7. The normalized spacial score (nSPS) is 37.2. The van der Waals surface area contributed by atoms with Crippen molar-refractivity contribution in [3.05, 3.63) is 11.1 Å². The quantitative estimate of drug-likeness (QED) is 0.734. The molecule has 24 heavy (non-hydrogen) atoms. The molecule has 0 aliphatic heterocycles. The van der Waals surface area contributed by atoms with Crippen LogP contribution >= 0.6 is 0 Å². The predicted octanol–water partition coefficient (Wildman–Crippen LogP) is 4.74. The van der Waals surface area contributed by atoms with Gasteiger partial charge in [0.15, 0.2) is 0 Å². The van der Waals surface area contributed by atoms with Gasteiger partial charge in [-0.05, 0) is 67.6 Å². The van der Waals surface area contributed by atoms with E-state index in [0.29, 0.717) is 23.8 Å². The van der Waals surface area contributed by atoms with Crippen molar-refractivity contribution in [3.63, 3.8) is 0 Å². The lowest BCUT2D eigenvalue weighted by atomic mass is 9.50. The number of fused-ring (bicyclic) bond motifs is 1. The average molecular weight is 336 g/mol. The highest BCUT2D eigenvalue weighted by atomic mass is 16.4. The third kappa shape index (κ3) is 3.12. The minimum Gasteiger partial charge on any atom is -0.481 e. The van der Waals surface area contributed by atoms with Gasteiger partial charge in [-0.15, -0.1) is 0 Å². The van der Waals surface area contributed by atoms with Gasteiger partial charge >= 0.3 is 11.9 Å². The zero-order chi connectivity index (χ0) is 18.3. The van der Waals surface area contributed by atoms with Gasteiger partial charge in [0, 0.05) is 12.0 Å². The van der Waals surface area contributed by atoms with Crippen LogP contribution in [0.3, 0.4) is 0 Å². The fraction of sp³-hybridized carbons (Fsp3) is 0.800. The largest absolute Gasteiger partial charge is 0.481 e. The van der Waals surface area contributed by atoms with Gasteiger partial charge in [0.05, 0.1) is 0 Å². The van der Waals surface area contributed by atoms with Gasteiger partial charge in [-0.2, -0.15) is 0 Å². The molecule has 1 fully saturated rings. The van der Waals surface area contributed by atoms with Gasteiger partial charge < -0.3 is 10.2 Å². The lowest BCUT2D eigenvalue weighted by Gasteiger charge is -2.54. The van der Waals surface area contributed by atoms with E-state index in [-0.39, 0.29) is 23.2 Å². The molecule has 2 N–H and O–H groups in total. The molecule has 0 bridgehead atoms. The summed E-state index contributed by atoms with van der Waals surface area (Å²) in [6, 6.07) is 0. The van der Waals surface area contributed by atoms with Gasteiger partial charge in [0.25, 0.3) is 0 Å². The van der Waals surface area contributed by atoms with Crippen molar-refractivity contribution in [3.8, 4) is 0 Å². The van der Waals surface area contributed by atoms with E-state index in [4.69, 9.17) is 5.11 Å². The molecule has 0 unspecified atom stereocenters. The number of hydrogen-bond donors (Lipinski definition) is 2. The molecule has 136 valence electrons. The number of carboxylic acids is 2. The van der Waals surface area contributed by atoms with Crippen LogP contribution in [0.1, 0.15) is 73.1 Å². The molecule has 0 aromatic heterocycles. The molecule has 0 aromatic rings. The first-order chi connectivity index (χ1) is 11.0. The Hall–Kier alpha value is -1.32. The molecule has 2 aliphatic carbocycles. The van der Waals surface area contributed by atoms with Crippen LogP contribution in [0.15, 0.2) is 11.1 Å². The Morgan fingerprint density at radius 3 is 2.46 bits per heavy atom. The molecule has 4 nitrogen and oxygen atoms in total. The van der Waals surface area contributed by atoms with E-state index in [0.717, 1.165) is 31.3 Å². The number of carbonyl (C=O) groups is 2. The van der Waals surface area contributed by atoms with E-state index in [1.165, 1.54) is 0 Å². The van der Waals surface area contributed by atoms with Gasteiger partial charge in [0.1, 0.15) is 0 Å². The highest BCUT2D eigenvalue weighted by molar-refractivity contribution is 5.88. The fourth-order valence-electron chi connectivity index (χ4n) is 5.33. The Kier molecular flexibility index (Phi) is 5.17. The Bertz CT molecular complexity index is 564. The zero-order valence-corrected chi connectivity index (χ0v) is 15.7. The summed E-state index contributed by atoms with van der Waals surface area (Å²) in [5.41, 5.74) is 1.72. The highest BCUT2D eigenvalue weighted by Gasteiger charge is 2.56. The summed E-state index contributed by atoms with van der Waals surface area (Å²) in [5, 5.41) is 18.6. The topological polar surface area (TPSA) is 74.6 Å². The number of carboxylic acid groups (broad SMARTS) is 2. The molecular formula is C20H32O4. The van der Waals surface area contributed by atoms with Crippen molar-refractivity contribution < 1.29 is 19.8 Å². The molecule has 0 spiro atoms. The van der Waals surface area contributed by atoms with E-state index >= 15 is 0 Å². The fourth-order valence-corrected chi connectivity index (χ4v) is 5.33. The first-order valence-electron chi connectivity index (χ1n) is 9.17.